The normalized spacial score (nSPS) is 12.4. The van der Waals surface area contributed by atoms with Crippen molar-refractivity contribution in [2.45, 2.75) is 26.8 Å². The van der Waals surface area contributed by atoms with Gasteiger partial charge in [0, 0.05) is 10.0 Å². The van der Waals surface area contributed by atoms with E-state index in [0.29, 0.717) is 0 Å². The molecular formula is C14H17BrN2O. The standard InChI is InChI=1S/C14H17BrN2O/c1-8-6-12(10(3)18-8)9(2)17-14-5-4-11(15)7-13(14)16/h4-7,9,17H,16H2,1-3H3. The lowest BCUT2D eigenvalue weighted by atomic mass is 10.1. The van der Waals surface area contributed by atoms with Crippen LogP contribution in [0.15, 0.2) is 33.2 Å². The molecule has 1 atom stereocenters. The van der Waals surface area contributed by atoms with Crippen LogP contribution in [0.2, 0.25) is 0 Å². The lowest BCUT2D eigenvalue weighted by Gasteiger charge is -2.16. The van der Waals surface area contributed by atoms with E-state index < -0.39 is 0 Å². The van der Waals surface area contributed by atoms with Crippen LogP contribution in [0.1, 0.15) is 30.0 Å². The third kappa shape index (κ3) is 2.70. The van der Waals surface area contributed by atoms with E-state index in [4.69, 9.17) is 10.2 Å². The van der Waals surface area contributed by atoms with Gasteiger partial charge in [0.2, 0.25) is 0 Å². The van der Waals surface area contributed by atoms with Gasteiger partial charge in [-0.3, -0.25) is 0 Å². The number of nitrogens with two attached hydrogens (primary N) is 1. The van der Waals surface area contributed by atoms with E-state index in [9.17, 15) is 0 Å². The van der Waals surface area contributed by atoms with Crippen LogP contribution in [-0.4, -0.2) is 0 Å². The van der Waals surface area contributed by atoms with Crippen molar-refractivity contribution in [3.05, 3.63) is 45.8 Å². The van der Waals surface area contributed by atoms with Gasteiger partial charge in [0.1, 0.15) is 11.5 Å². The van der Waals surface area contributed by atoms with Crippen molar-refractivity contribution in [2.24, 2.45) is 0 Å². The second-order valence-electron chi connectivity index (χ2n) is 4.47. The third-order valence-electron chi connectivity index (χ3n) is 2.93. The third-order valence-corrected chi connectivity index (χ3v) is 3.42. The Morgan fingerprint density at radius 3 is 2.56 bits per heavy atom. The largest absolute Gasteiger partial charge is 0.466 e. The molecule has 2 rings (SSSR count). The summed E-state index contributed by atoms with van der Waals surface area (Å²) in [6.07, 6.45) is 0. The molecule has 96 valence electrons. The zero-order valence-corrected chi connectivity index (χ0v) is 12.3. The Bertz CT molecular complexity index is 563. The maximum absolute atomic E-state index is 5.98. The van der Waals surface area contributed by atoms with Gasteiger partial charge in [0.05, 0.1) is 17.4 Å². The molecule has 1 aromatic heterocycles. The molecule has 0 fully saturated rings. The fraction of sp³-hybridized carbons (Fsp3) is 0.286. The minimum atomic E-state index is 0.158. The molecule has 1 heterocycles. The minimum Gasteiger partial charge on any atom is -0.466 e. The van der Waals surface area contributed by atoms with Gasteiger partial charge in [-0.1, -0.05) is 15.9 Å². The molecule has 18 heavy (non-hydrogen) atoms. The van der Waals surface area contributed by atoms with Crippen LogP contribution >= 0.6 is 15.9 Å². The van der Waals surface area contributed by atoms with E-state index >= 15 is 0 Å². The summed E-state index contributed by atoms with van der Waals surface area (Å²) < 4.78 is 6.52. The van der Waals surface area contributed by atoms with Crippen molar-refractivity contribution in [2.75, 3.05) is 11.1 Å². The number of aryl methyl sites for hydroxylation is 2. The van der Waals surface area contributed by atoms with Gasteiger partial charge in [0.25, 0.3) is 0 Å². The predicted octanol–water partition coefficient (Wildman–Crippen LogP) is 4.41. The topological polar surface area (TPSA) is 51.2 Å². The molecule has 0 saturated carbocycles. The number of nitrogen functional groups attached to an aromatic ring is 1. The van der Waals surface area contributed by atoms with Gasteiger partial charge in [-0.15, -0.1) is 0 Å². The molecule has 3 nitrogen and oxygen atoms in total. The second kappa shape index (κ2) is 5.06. The van der Waals surface area contributed by atoms with Crippen LogP contribution in [0, 0.1) is 13.8 Å². The highest BCUT2D eigenvalue weighted by molar-refractivity contribution is 9.10. The maximum Gasteiger partial charge on any atom is 0.106 e. The lowest BCUT2D eigenvalue weighted by molar-refractivity contribution is 0.500. The van der Waals surface area contributed by atoms with E-state index in [2.05, 4.69) is 34.2 Å². The van der Waals surface area contributed by atoms with Crippen molar-refractivity contribution in [3.8, 4) is 0 Å². The smallest absolute Gasteiger partial charge is 0.106 e. The van der Waals surface area contributed by atoms with Crippen molar-refractivity contribution < 1.29 is 4.42 Å². The van der Waals surface area contributed by atoms with Gasteiger partial charge < -0.3 is 15.5 Å². The Labute approximate surface area is 115 Å². The van der Waals surface area contributed by atoms with E-state index in [1.807, 2.05) is 32.0 Å². The molecule has 0 aliphatic rings. The number of furan rings is 1. The Balaban J connectivity index is 2.21. The van der Waals surface area contributed by atoms with Gasteiger partial charge in [-0.05, 0) is 45.0 Å². The second-order valence-corrected chi connectivity index (χ2v) is 5.38. The van der Waals surface area contributed by atoms with Crippen LogP contribution in [-0.2, 0) is 0 Å². The SMILES string of the molecule is Cc1cc(C(C)Nc2ccc(Br)cc2N)c(C)o1. The number of nitrogens with one attached hydrogen (secondary N) is 1. The van der Waals surface area contributed by atoms with Crippen molar-refractivity contribution in [1.82, 2.24) is 0 Å². The lowest BCUT2D eigenvalue weighted by Crippen LogP contribution is -2.08. The zero-order chi connectivity index (χ0) is 13.3. The van der Waals surface area contributed by atoms with Gasteiger partial charge >= 0.3 is 0 Å². The summed E-state index contributed by atoms with van der Waals surface area (Å²) in [4.78, 5) is 0. The first-order valence-electron chi connectivity index (χ1n) is 5.86. The molecule has 4 heteroatoms. The minimum absolute atomic E-state index is 0.158. The summed E-state index contributed by atoms with van der Waals surface area (Å²) in [5.74, 6) is 1.88. The van der Waals surface area contributed by atoms with E-state index in [1.54, 1.807) is 0 Å². The number of halogens is 1. The first kappa shape index (κ1) is 13.0. The number of anilines is 2. The number of benzene rings is 1. The molecular weight excluding hydrogens is 292 g/mol. The van der Waals surface area contributed by atoms with Crippen molar-refractivity contribution in [3.63, 3.8) is 0 Å². The quantitative estimate of drug-likeness (QED) is 0.826. The zero-order valence-electron chi connectivity index (χ0n) is 10.8. The molecule has 0 aliphatic carbocycles. The summed E-state index contributed by atoms with van der Waals surface area (Å²) in [5, 5.41) is 3.40. The average molecular weight is 309 g/mol. The molecule has 3 N–H and O–H groups in total. The number of rotatable bonds is 3. The van der Waals surface area contributed by atoms with E-state index in [1.165, 1.54) is 0 Å². The number of hydrogen-bond donors (Lipinski definition) is 2. The van der Waals surface area contributed by atoms with Crippen molar-refractivity contribution in [1.29, 1.82) is 0 Å². The van der Waals surface area contributed by atoms with Gasteiger partial charge in [0.15, 0.2) is 0 Å². The maximum atomic E-state index is 5.98. The first-order valence-corrected chi connectivity index (χ1v) is 6.65. The molecule has 0 amide bonds. The highest BCUT2D eigenvalue weighted by Gasteiger charge is 2.13. The predicted molar refractivity (Wildman–Crippen MR) is 78.8 cm³/mol. The van der Waals surface area contributed by atoms with Gasteiger partial charge in [-0.25, -0.2) is 0 Å². The first-order chi connectivity index (χ1) is 8.47. The summed E-state index contributed by atoms with van der Waals surface area (Å²) in [6.45, 7) is 6.03. The molecule has 1 aromatic carbocycles. The Hall–Kier alpha value is -1.42. The molecule has 1 unspecified atom stereocenters. The highest BCUT2D eigenvalue weighted by atomic mass is 79.9. The van der Waals surface area contributed by atoms with Crippen LogP contribution in [0.5, 0.6) is 0 Å². The summed E-state index contributed by atoms with van der Waals surface area (Å²) >= 11 is 3.40. The van der Waals surface area contributed by atoms with Crippen LogP contribution in [0.3, 0.4) is 0 Å². The van der Waals surface area contributed by atoms with Crippen LogP contribution in [0.4, 0.5) is 11.4 Å². The molecule has 0 spiro atoms. The van der Waals surface area contributed by atoms with E-state index in [0.717, 1.165) is 32.9 Å². The summed E-state index contributed by atoms with van der Waals surface area (Å²) in [6, 6.07) is 8.05. The van der Waals surface area contributed by atoms with Gasteiger partial charge in [-0.2, -0.15) is 0 Å². The Morgan fingerprint density at radius 2 is 2.00 bits per heavy atom. The fourth-order valence-corrected chi connectivity index (χ4v) is 2.44. The molecule has 0 radical (unpaired) electrons. The molecule has 0 aliphatic heterocycles. The molecule has 0 saturated heterocycles. The average Bonchev–Trinajstić information content (AvgIpc) is 2.62. The van der Waals surface area contributed by atoms with Crippen molar-refractivity contribution >= 4 is 27.3 Å². The van der Waals surface area contributed by atoms with Crippen LogP contribution in [0.25, 0.3) is 0 Å². The Morgan fingerprint density at radius 1 is 1.28 bits per heavy atom. The monoisotopic (exact) mass is 308 g/mol. The summed E-state index contributed by atoms with van der Waals surface area (Å²) in [7, 11) is 0. The number of hydrogen-bond acceptors (Lipinski definition) is 3. The highest BCUT2D eigenvalue weighted by Crippen LogP contribution is 2.29. The Kier molecular flexibility index (Phi) is 3.66. The van der Waals surface area contributed by atoms with Crippen LogP contribution < -0.4 is 11.1 Å². The molecule has 0 bridgehead atoms. The summed E-state index contributed by atoms with van der Waals surface area (Å²) in [5.41, 5.74) is 8.80. The fourth-order valence-electron chi connectivity index (χ4n) is 2.06. The van der Waals surface area contributed by atoms with E-state index in [-0.39, 0.29) is 6.04 Å². The molecule has 2 aromatic rings.